The van der Waals surface area contributed by atoms with Crippen molar-refractivity contribution in [3.05, 3.63) is 48.5 Å². The van der Waals surface area contributed by atoms with Crippen LogP contribution in [0, 0.1) is 0 Å². The average molecular weight is 554 g/mol. The van der Waals surface area contributed by atoms with Gasteiger partial charge in [-0.15, -0.1) is 0 Å². The number of carbonyl (C=O) groups is 2. The fourth-order valence-electron chi connectivity index (χ4n) is 3.93. The van der Waals surface area contributed by atoms with Crippen molar-refractivity contribution in [1.29, 1.82) is 0 Å². The molecule has 40 heavy (non-hydrogen) atoms. The molecular weight excluding hydrogens is 506 g/mol. The van der Waals surface area contributed by atoms with Crippen molar-refractivity contribution in [1.82, 2.24) is 21.3 Å². The van der Waals surface area contributed by atoms with Gasteiger partial charge >= 0.3 is 12.1 Å². The number of methoxy groups -OCH3 is 1. The van der Waals surface area contributed by atoms with Crippen LogP contribution >= 0.6 is 0 Å². The highest BCUT2D eigenvalue weighted by Crippen LogP contribution is 2.23. The second-order valence-electron chi connectivity index (χ2n) is 9.53. The van der Waals surface area contributed by atoms with E-state index in [9.17, 15) is 9.59 Å². The van der Waals surface area contributed by atoms with Crippen LogP contribution in [0.4, 0.5) is 26.7 Å². The Labute approximate surface area is 239 Å². The van der Waals surface area contributed by atoms with Crippen molar-refractivity contribution in [2.24, 2.45) is 10.2 Å². The third-order valence-corrected chi connectivity index (χ3v) is 6.28. The average Bonchev–Trinajstić information content (AvgIpc) is 2.98. The van der Waals surface area contributed by atoms with Crippen LogP contribution < -0.4 is 30.9 Å². The predicted molar refractivity (Wildman–Crippen MR) is 162 cm³/mol. The molecule has 10 nitrogen and oxygen atoms in total. The maximum atomic E-state index is 12.2. The first kappa shape index (κ1) is 32.4. The summed E-state index contributed by atoms with van der Waals surface area (Å²) in [7, 11) is 1.63. The van der Waals surface area contributed by atoms with Crippen molar-refractivity contribution in [3.63, 3.8) is 0 Å². The van der Waals surface area contributed by atoms with Gasteiger partial charge in [-0.25, -0.2) is 9.59 Å². The third-order valence-electron chi connectivity index (χ3n) is 6.28. The lowest BCUT2D eigenvalue weighted by molar-refractivity contribution is 0.240. The lowest BCUT2D eigenvalue weighted by Crippen LogP contribution is -2.44. The Kier molecular flexibility index (Phi) is 16.3. The monoisotopic (exact) mass is 553 g/mol. The molecule has 10 heteroatoms. The van der Waals surface area contributed by atoms with Gasteiger partial charge < -0.3 is 30.9 Å². The quantitative estimate of drug-likeness (QED) is 0.121. The van der Waals surface area contributed by atoms with Crippen LogP contribution in [0.25, 0.3) is 0 Å². The molecule has 0 spiro atoms. The number of hydrogen-bond donors (Lipinski definition) is 4. The van der Waals surface area contributed by atoms with E-state index in [1.54, 1.807) is 7.11 Å². The van der Waals surface area contributed by atoms with Gasteiger partial charge in [0.05, 0.1) is 18.5 Å². The van der Waals surface area contributed by atoms with E-state index in [0.29, 0.717) is 39.3 Å². The van der Waals surface area contributed by atoms with Crippen LogP contribution in [-0.2, 0) is 0 Å². The summed E-state index contributed by atoms with van der Waals surface area (Å²) < 4.78 is 5.18. The summed E-state index contributed by atoms with van der Waals surface area (Å²) in [5.74, 6) is 0.769. The smallest absolute Gasteiger partial charge is 0.314 e. The summed E-state index contributed by atoms with van der Waals surface area (Å²) in [6.07, 6.45) is 7.66. The summed E-state index contributed by atoms with van der Waals surface area (Å²) in [5, 5.41) is 20.3. The minimum atomic E-state index is -0.161. The van der Waals surface area contributed by atoms with E-state index >= 15 is 0 Å². The Balaban J connectivity index is 1.91. The molecule has 0 saturated heterocycles. The van der Waals surface area contributed by atoms with E-state index in [0.717, 1.165) is 54.9 Å². The molecule has 0 unspecified atom stereocenters. The van der Waals surface area contributed by atoms with E-state index in [2.05, 4.69) is 50.2 Å². The number of anilines is 1. The molecule has 0 aromatic heterocycles. The fraction of sp³-hybridized carbons (Fsp3) is 0.533. The molecule has 0 atom stereocenters. The second kappa shape index (κ2) is 20.1. The lowest BCUT2D eigenvalue weighted by Gasteiger charge is -2.25. The number of nitrogens with one attached hydrogen (secondary N) is 4. The van der Waals surface area contributed by atoms with Crippen LogP contribution in [0.2, 0.25) is 0 Å². The summed E-state index contributed by atoms with van der Waals surface area (Å²) in [6, 6.07) is 14.8. The number of rotatable bonds is 19. The van der Waals surface area contributed by atoms with Crippen LogP contribution in [-0.4, -0.2) is 58.4 Å². The maximum absolute atomic E-state index is 12.2. The minimum absolute atomic E-state index is 0.157. The van der Waals surface area contributed by atoms with Crippen LogP contribution in [0.3, 0.4) is 0 Å². The summed E-state index contributed by atoms with van der Waals surface area (Å²) in [6.45, 7) is 7.79. The summed E-state index contributed by atoms with van der Waals surface area (Å²) in [5.41, 5.74) is 2.43. The van der Waals surface area contributed by atoms with Gasteiger partial charge in [-0.1, -0.05) is 46.0 Å². The number of nitrogens with zero attached hydrogens (tertiary/aromatic N) is 3. The van der Waals surface area contributed by atoms with Crippen LogP contribution in [0.15, 0.2) is 58.8 Å². The first-order chi connectivity index (χ1) is 19.5. The summed E-state index contributed by atoms with van der Waals surface area (Å²) in [4.78, 5) is 26.4. The molecule has 0 aliphatic rings. The van der Waals surface area contributed by atoms with Gasteiger partial charge in [0.1, 0.15) is 5.75 Å². The normalized spacial score (nSPS) is 10.8. The van der Waals surface area contributed by atoms with Crippen molar-refractivity contribution in [2.75, 3.05) is 51.3 Å². The lowest BCUT2D eigenvalue weighted by atomic mass is 10.2. The molecule has 0 saturated carbocycles. The Morgan fingerprint density at radius 3 is 1.60 bits per heavy atom. The molecule has 2 aromatic rings. The Bertz CT molecular complexity index is 997. The maximum Gasteiger partial charge on any atom is 0.314 e. The highest BCUT2D eigenvalue weighted by molar-refractivity contribution is 5.74. The van der Waals surface area contributed by atoms with E-state index in [1.807, 2.05) is 48.5 Å². The molecule has 2 rings (SSSR count). The van der Waals surface area contributed by atoms with E-state index in [1.165, 1.54) is 12.8 Å². The van der Waals surface area contributed by atoms with E-state index < -0.39 is 0 Å². The van der Waals surface area contributed by atoms with Gasteiger partial charge in [0.25, 0.3) is 0 Å². The van der Waals surface area contributed by atoms with Gasteiger partial charge in [-0.3, -0.25) is 0 Å². The van der Waals surface area contributed by atoms with Gasteiger partial charge in [-0.05, 0) is 61.4 Å². The number of urea groups is 2. The zero-order chi connectivity index (χ0) is 28.8. The largest absolute Gasteiger partial charge is 0.497 e. The number of benzene rings is 2. The molecule has 0 aliphatic heterocycles. The molecule has 2 aromatic carbocycles. The fourth-order valence-corrected chi connectivity index (χ4v) is 3.93. The zero-order valence-electron chi connectivity index (χ0n) is 24.4. The molecule has 0 bridgehead atoms. The summed E-state index contributed by atoms with van der Waals surface area (Å²) >= 11 is 0. The second-order valence-corrected chi connectivity index (χ2v) is 9.53. The van der Waals surface area contributed by atoms with Crippen LogP contribution in [0.1, 0.15) is 58.8 Å². The van der Waals surface area contributed by atoms with Crippen LogP contribution in [0.5, 0.6) is 5.75 Å². The van der Waals surface area contributed by atoms with Gasteiger partial charge in [0.15, 0.2) is 0 Å². The molecule has 0 fully saturated rings. The van der Waals surface area contributed by atoms with Crippen molar-refractivity contribution < 1.29 is 14.3 Å². The van der Waals surface area contributed by atoms with Crippen molar-refractivity contribution in [2.45, 2.75) is 58.8 Å². The highest BCUT2D eigenvalue weighted by Gasteiger charge is 2.09. The Hall–Kier alpha value is -3.82. The Morgan fingerprint density at radius 1 is 0.650 bits per heavy atom. The highest BCUT2D eigenvalue weighted by atomic mass is 16.5. The third kappa shape index (κ3) is 13.8. The number of ether oxygens (including phenoxy) is 1. The van der Waals surface area contributed by atoms with E-state index in [-0.39, 0.29) is 12.1 Å². The molecule has 4 amide bonds. The predicted octanol–water partition coefficient (Wildman–Crippen LogP) is 6.29. The van der Waals surface area contributed by atoms with E-state index in [4.69, 9.17) is 4.74 Å². The van der Waals surface area contributed by atoms with Crippen molar-refractivity contribution >= 4 is 29.1 Å². The first-order valence-electron chi connectivity index (χ1n) is 14.5. The van der Waals surface area contributed by atoms with Crippen molar-refractivity contribution in [3.8, 4) is 5.75 Å². The number of unbranched alkanes of at least 4 members (excludes halogenated alkanes) is 5. The standard InChI is InChI=1S/C30H47N7O3/c1-4-6-8-10-20-32-30(39)34-22-24-37(23-21-33-29(38)31-19-9-7-5-2)27-15-11-25(12-16-27)35-36-26-13-17-28(40-3)18-14-26/h11-18H,4-10,19-24H2,1-3H3,(H2,31,33,38)(H2,32,34,39). The SMILES string of the molecule is CCCCCCNC(=O)NCCN(CCNC(=O)NCCCCC)c1ccc(N=Nc2ccc(OC)cc2)cc1. The first-order valence-corrected chi connectivity index (χ1v) is 14.5. The minimum Gasteiger partial charge on any atom is -0.497 e. The van der Waals surface area contributed by atoms with Gasteiger partial charge in [-0.2, -0.15) is 10.2 Å². The molecule has 4 N–H and O–H groups in total. The van der Waals surface area contributed by atoms with Gasteiger partial charge in [0.2, 0.25) is 0 Å². The number of carbonyl (C=O) groups excluding carboxylic acids is 2. The molecule has 0 radical (unpaired) electrons. The number of azo groups is 1. The Morgan fingerprint density at radius 2 is 1.10 bits per heavy atom. The van der Waals surface area contributed by atoms with Gasteiger partial charge in [0, 0.05) is 45.0 Å². The topological polar surface area (TPSA) is 119 Å². The number of hydrogen-bond acceptors (Lipinski definition) is 6. The molecule has 0 aliphatic carbocycles. The molecule has 220 valence electrons. The zero-order valence-corrected chi connectivity index (χ0v) is 24.4. The molecule has 0 heterocycles. The molecular formula is C30H47N7O3. The number of amides is 4.